The van der Waals surface area contributed by atoms with Crippen molar-refractivity contribution < 1.29 is 13.2 Å². The van der Waals surface area contributed by atoms with Crippen LogP contribution in [0.1, 0.15) is 62.8 Å². The van der Waals surface area contributed by atoms with Gasteiger partial charge >= 0.3 is 0 Å². The van der Waals surface area contributed by atoms with Gasteiger partial charge in [-0.2, -0.15) is 9.65 Å². The molecule has 0 unspecified atom stereocenters. The second-order valence-electron chi connectivity index (χ2n) is 8.42. The maximum Gasteiger partial charge on any atom is 0.199 e. The molecule has 1 nitrogen and oxygen atoms in total. The van der Waals surface area contributed by atoms with Crippen molar-refractivity contribution in [1.29, 1.82) is 5.26 Å². The summed E-state index contributed by atoms with van der Waals surface area (Å²) in [5, 5.41) is 8.43. The number of allylic oxidation sites excluding steroid dienone is 5. The van der Waals surface area contributed by atoms with Crippen LogP contribution in [-0.4, -0.2) is 0 Å². The fraction of sp³-hybridized carbons (Fsp3) is 0.480. The second-order valence-corrected chi connectivity index (χ2v) is 8.42. The smallest absolute Gasteiger partial charge is 0.199 e. The minimum atomic E-state index is -0.785. The van der Waals surface area contributed by atoms with Gasteiger partial charge in [0.15, 0.2) is 17.5 Å². The monoisotopic (exact) mass is 399 g/mol. The molecule has 0 saturated heterocycles. The van der Waals surface area contributed by atoms with Gasteiger partial charge in [-0.05, 0) is 98.8 Å². The first-order valence-electron chi connectivity index (χ1n) is 10.6. The van der Waals surface area contributed by atoms with Crippen molar-refractivity contribution >= 4 is 0 Å². The molecule has 2 aliphatic carbocycles. The molecule has 154 valence electrons. The number of hydrogen-bond donors (Lipinski definition) is 0. The van der Waals surface area contributed by atoms with Crippen molar-refractivity contribution in [2.24, 2.45) is 17.8 Å². The molecule has 1 aromatic rings. The van der Waals surface area contributed by atoms with Gasteiger partial charge in [0, 0.05) is 0 Å². The lowest BCUT2D eigenvalue weighted by molar-refractivity contribution is 0.289. The summed E-state index contributed by atoms with van der Waals surface area (Å²) in [6.45, 7) is 4.42. The molecule has 29 heavy (non-hydrogen) atoms. The summed E-state index contributed by atoms with van der Waals surface area (Å²) in [5.74, 6) is -0.514. The van der Waals surface area contributed by atoms with Crippen molar-refractivity contribution in [3.05, 3.63) is 71.6 Å². The van der Waals surface area contributed by atoms with Crippen LogP contribution in [0.25, 0.3) is 0 Å². The Morgan fingerprint density at radius 2 is 1.59 bits per heavy atom. The van der Waals surface area contributed by atoms with E-state index in [1.54, 1.807) is 12.1 Å². The zero-order chi connectivity index (χ0) is 20.8. The number of benzene rings is 1. The highest BCUT2D eigenvalue weighted by molar-refractivity contribution is 5.23. The van der Waals surface area contributed by atoms with E-state index in [-0.39, 0.29) is 0 Å². The normalized spacial score (nSPS) is 28.3. The van der Waals surface area contributed by atoms with E-state index in [1.165, 1.54) is 29.9 Å². The van der Waals surface area contributed by atoms with Gasteiger partial charge in [0.25, 0.3) is 0 Å². The molecule has 0 radical (unpaired) electrons. The molecule has 2 saturated carbocycles. The van der Waals surface area contributed by atoms with Crippen molar-refractivity contribution in [3.63, 3.8) is 0 Å². The topological polar surface area (TPSA) is 23.8 Å². The molecule has 0 heterocycles. The Bertz CT molecular complexity index is 817. The second kappa shape index (κ2) is 9.96. The number of nitriles is 1. The minimum Gasteiger partial charge on any atom is -0.204 e. The van der Waals surface area contributed by atoms with E-state index in [1.807, 2.05) is 6.08 Å². The lowest BCUT2D eigenvalue weighted by Gasteiger charge is -2.36. The first kappa shape index (κ1) is 21.4. The predicted molar refractivity (Wildman–Crippen MR) is 110 cm³/mol. The molecule has 4 heteroatoms. The molecule has 0 aliphatic heterocycles. The molecule has 0 spiro atoms. The van der Waals surface area contributed by atoms with Crippen LogP contribution < -0.4 is 0 Å². The Morgan fingerprint density at radius 1 is 0.966 bits per heavy atom. The Morgan fingerprint density at radius 3 is 2.17 bits per heavy atom. The lowest BCUT2D eigenvalue weighted by atomic mass is 9.70. The van der Waals surface area contributed by atoms with Crippen LogP contribution in [0.2, 0.25) is 0 Å². The summed E-state index contributed by atoms with van der Waals surface area (Å²) >= 11 is 0. The number of nitrogens with zero attached hydrogens (tertiary/aromatic N) is 1. The number of rotatable bonds is 5. The molecular weight excluding hydrogens is 371 g/mol. The first-order valence-corrected chi connectivity index (χ1v) is 10.6. The van der Waals surface area contributed by atoms with Gasteiger partial charge in [-0.15, -0.1) is 0 Å². The van der Waals surface area contributed by atoms with Gasteiger partial charge in [0.05, 0.1) is 0 Å². The first-order chi connectivity index (χ1) is 14.0. The standard InChI is InChI=1S/C25H28F3N/c1-17(19-7-5-18(6-8-19)3-2-4-23(26)16-29)20-9-11-21(12-10-20)22-13-14-24(27)25(28)15-22/h2-4,13-15,18-21H,1,5-12H2/b3-2+,23-4-. The lowest BCUT2D eigenvalue weighted by Crippen LogP contribution is -2.22. The fourth-order valence-corrected chi connectivity index (χ4v) is 4.91. The molecule has 0 bridgehead atoms. The Kier molecular flexibility index (Phi) is 7.36. The average Bonchev–Trinajstić information content (AvgIpc) is 2.75. The van der Waals surface area contributed by atoms with Crippen molar-refractivity contribution in [2.75, 3.05) is 0 Å². The Hall–Kier alpha value is -2.28. The number of hydrogen-bond acceptors (Lipinski definition) is 1. The average molecular weight is 400 g/mol. The quantitative estimate of drug-likeness (QED) is 0.285. The van der Waals surface area contributed by atoms with E-state index in [0.29, 0.717) is 23.7 Å². The van der Waals surface area contributed by atoms with E-state index in [2.05, 4.69) is 6.58 Å². The molecular formula is C25H28F3N. The number of halogens is 3. The summed E-state index contributed by atoms with van der Waals surface area (Å²) < 4.78 is 39.5. The fourth-order valence-electron chi connectivity index (χ4n) is 4.91. The molecule has 3 rings (SSSR count). The third-order valence-corrected chi connectivity index (χ3v) is 6.70. The Labute approximate surface area is 171 Å². The van der Waals surface area contributed by atoms with E-state index in [4.69, 9.17) is 5.26 Å². The predicted octanol–water partition coefficient (Wildman–Crippen LogP) is 7.53. The van der Waals surface area contributed by atoms with Gasteiger partial charge in [-0.1, -0.05) is 30.4 Å². The SMILES string of the molecule is C=C(C1CCC(/C=C/C=C(\F)C#N)CC1)C1CCC(c2ccc(F)c(F)c2)CC1. The third kappa shape index (κ3) is 5.63. The minimum absolute atomic E-state index is 0.303. The van der Waals surface area contributed by atoms with Gasteiger partial charge in [-0.3, -0.25) is 0 Å². The van der Waals surface area contributed by atoms with Crippen molar-refractivity contribution in [2.45, 2.75) is 57.3 Å². The van der Waals surface area contributed by atoms with E-state index >= 15 is 0 Å². The van der Waals surface area contributed by atoms with Gasteiger partial charge in [-0.25, -0.2) is 8.78 Å². The van der Waals surface area contributed by atoms with E-state index in [9.17, 15) is 13.2 Å². The van der Waals surface area contributed by atoms with E-state index in [0.717, 1.165) is 56.9 Å². The molecule has 2 aliphatic rings. The summed E-state index contributed by atoms with van der Waals surface area (Å²) in [5.41, 5.74) is 2.26. The van der Waals surface area contributed by atoms with Crippen LogP contribution >= 0.6 is 0 Å². The van der Waals surface area contributed by atoms with Crippen LogP contribution in [0.15, 0.2) is 54.4 Å². The van der Waals surface area contributed by atoms with E-state index < -0.39 is 17.5 Å². The summed E-state index contributed by atoms with van der Waals surface area (Å²) in [6, 6.07) is 5.77. The van der Waals surface area contributed by atoms with Crippen molar-refractivity contribution in [1.82, 2.24) is 0 Å². The summed E-state index contributed by atoms with van der Waals surface area (Å²) in [4.78, 5) is 0. The molecule has 2 fully saturated rings. The summed E-state index contributed by atoms with van der Waals surface area (Å²) in [7, 11) is 0. The molecule has 1 aromatic carbocycles. The zero-order valence-electron chi connectivity index (χ0n) is 16.7. The molecule has 0 amide bonds. The maximum atomic E-state index is 13.5. The van der Waals surface area contributed by atoms with Crippen LogP contribution in [0.4, 0.5) is 13.2 Å². The zero-order valence-corrected chi connectivity index (χ0v) is 16.7. The van der Waals surface area contributed by atoms with Crippen molar-refractivity contribution in [3.8, 4) is 6.07 Å². The molecule has 0 atom stereocenters. The highest BCUT2D eigenvalue weighted by atomic mass is 19.2. The highest BCUT2D eigenvalue weighted by Crippen LogP contribution is 2.43. The van der Waals surface area contributed by atoms with Gasteiger partial charge < -0.3 is 0 Å². The Balaban J connectivity index is 1.46. The highest BCUT2D eigenvalue weighted by Gasteiger charge is 2.29. The summed E-state index contributed by atoms with van der Waals surface area (Å²) in [6.07, 6.45) is 13.3. The third-order valence-electron chi connectivity index (χ3n) is 6.70. The van der Waals surface area contributed by atoms with Gasteiger partial charge in [0.2, 0.25) is 0 Å². The van der Waals surface area contributed by atoms with Crippen LogP contribution in [-0.2, 0) is 0 Å². The molecule has 0 N–H and O–H groups in total. The van der Waals surface area contributed by atoms with Crippen LogP contribution in [0, 0.1) is 40.7 Å². The molecule has 0 aromatic heterocycles. The van der Waals surface area contributed by atoms with Gasteiger partial charge in [0.1, 0.15) is 6.07 Å². The largest absolute Gasteiger partial charge is 0.204 e. The maximum absolute atomic E-state index is 13.5. The van der Waals surface area contributed by atoms with Crippen LogP contribution in [0.5, 0.6) is 0 Å². The van der Waals surface area contributed by atoms with Crippen LogP contribution in [0.3, 0.4) is 0 Å².